The third kappa shape index (κ3) is 3.29. The van der Waals surface area contributed by atoms with Crippen molar-refractivity contribution in [3.05, 3.63) is 47.1 Å². The van der Waals surface area contributed by atoms with E-state index < -0.39 is 10.0 Å². The number of sulfonamides is 1. The van der Waals surface area contributed by atoms with Gasteiger partial charge in [-0.05, 0) is 47.1 Å². The van der Waals surface area contributed by atoms with Crippen molar-refractivity contribution in [1.29, 1.82) is 0 Å². The van der Waals surface area contributed by atoms with Crippen LogP contribution in [-0.4, -0.2) is 19.9 Å². The van der Waals surface area contributed by atoms with E-state index in [1.807, 2.05) is 13.0 Å². The quantitative estimate of drug-likeness (QED) is 0.864. The number of pyridine rings is 1. The lowest BCUT2D eigenvalue weighted by molar-refractivity contribution is 0.598. The molecule has 2 N–H and O–H groups in total. The molecule has 0 saturated heterocycles. The van der Waals surface area contributed by atoms with Gasteiger partial charge in [-0.1, -0.05) is 12.1 Å². The van der Waals surface area contributed by atoms with Crippen molar-refractivity contribution in [2.24, 2.45) is 0 Å². The summed E-state index contributed by atoms with van der Waals surface area (Å²) in [6, 6.07) is 10.4. The Morgan fingerprint density at radius 2 is 1.85 bits per heavy atom. The SMILES string of the molecule is CCNc1cccnc1S(=O)(=O)Nc1ccccc1Br. The molecular formula is C13H14BrN3O2S. The van der Waals surface area contributed by atoms with Crippen molar-refractivity contribution in [3.8, 4) is 0 Å². The summed E-state index contributed by atoms with van der Waals surface area (Å²) >= 11 is 3.31. The lowest BCUT2D eigenvalue weighted by Gasteiger charge is -2.12. The van der Waals surface area contributed by atoms with Gasteiger partial charge < -0.3 is 5.32 Å². The smallest absolute Gasteiger partial charge is 0.281 e. The van der Waals surface area contributed by atoms with Gasteiger partial charge in [-0.3, -0.25) is 4.72 Å². The van der Waals surface area contributed by atoms with Crippen LogP contribution in [0.15, 0.2) is 52.1 Å². The fourth-order valence-corrected chi connectivity index (χ4v) is 3.38. The van der Waals surface area contributed by atoms with Crippen LogP contribution in [0.4, 0.5) is 11.4 Å². The number of nitrogens with zero attached hydrogens (tertiary/aromatic N) is 1. The first kappa shape index (κ1) is 14.8. The molecule has 0 aliphatic rings. The van der Waals surface area contributed by atoms with E-state index in [0.29, 0.717) is 22.4 Å². The molecule has 0 aliphatic heterocycles. The van der Waals surface area contributed by atoms with Gasteiger partial charge in [0, 0.05) is 17.2 Å². The molecule has 0 atom stereocenters. The van der Waals surface area contributed by atoms with E-state index in [1.54, 1.807) is 30.3 Å². The monoisotopic (exact) mass is 355 g/mol. The Bertz CT molecular complexity index is 704. The molecule has 0 bridgehead atoms. The number of nitrogens with one attached hydrogen (secondary N) is 2. The lowest BCUT2D eigenvalue weighted by atomic mass is 10.3. The third-order valence-electron chi connectivity index (χ3n) is 2.51. The molecule has 106 valence electrons. The number of benzene rings is 1. The molecule has 1 heterocycles. The van der Waals surface area contributed by atoms with Gasteiger partial charge in [0.2, 0.25) is 0 Å². The predicted octanol–water partition coefficient (Wildman–Crippen LogP) is 3.08. The first-order valence-electron chi connectivity index (χ1n) is 6.01. The Labute approximate surface area is 126 Å². The van der Waals surface area contributed by atoms with Crippen LogP contribution in [0.5, 0.6) is 0 Å². The molecule has 0 radical (unpaired) electrons. The fraction of sp³-hybridized carbons (Fsp3) is 0.154. The van der Waals surface area contributed by atoms with Gasteiger partial charge >= 0.3 is 0 Å². The highest BCUT2D eigenvalue weighted by molar-refractivity contribution is 9.10. The van der Waals surface area contributed by atoms with Crippen LogP contribution in [-0.2, 0) is 10.0 Å². The maximum Gasteiger partial charge on any atom is 0.281 e. The molecule has 0 spiro atoms. The Morgan fingerprint density at radius 1 is 1.15 bits per heavy atom. The lowest BCUT2D eigenvalue weighted by Crippen LogP contribution is -2.17. The molecular weight excluding hydrogens is 342 g/mol. The van der Waals surface area contributed by atoms with Gasteiger partial charge in [0.25, 0.3) is 10.0 Å². The molecule has 7 heteroatoms. The molecule has 20 heavy (non-hydrogen) atoms. The minimum atomic E-state index is -3.74. The van der Waals surface area contributed by atoms with E-state index in [1.165, 1.54) is 6.20 Å². The summed E-state index contributed by atoms with van der Waals surface area (Å²) in [6.07, 6.45) is 1.45. The average Bonchev–Trinajstić information content (AvgIpc) is 2.42. The second-order valence-corrected chi connectivity index (χ2v) is 6.42. The molecule has 0 saturated carbocycles. The summed E-state index contributed by atoms with van der Waals surface area (Å²) in [7, 11) is -3.74. The molecule has 0 amide bonds. The zero-order valence-corrected chi connectivity index (χ0v) is 13.2. The van der Waals surface area contributed by atoms with E-state index in [-0.39, 0.29) is 5.03 Å². The van der Waals surface area contributed by atoms with Crippen molar-refractivity contribution >= 4 is 37.3 Å². The average molecular weight is 356 g/mol. The standard InChI is InChI=1S/C13H14BrN3O2S/c1-2-15-12-8-5-9-16-13(12)20(18,19)17-11-7-4-3-6-10(11)14/h3-9,15,17H,2H2,1H3. The van der Waals surface area contributed by atoms with Gasteiger partial charge in [0.1, 0.15) is 0 Å². The molecule has 0 fully saturated rings. The summed E-state index contributed by atoms with van der Waals surface area (Å²) < 4.78 is 28.0. The van der Waals surface area contributed by atoms with E-state index in [9.17, 15) is 8.42 Å². The molecule has 2 aromatic rings. The highest BCUT2D eigenvalue weighted by Crippen LogP contribution is 2.26. The predicted molar refractivity (Wildman–Crippen MR) is 83.4 cm³/mol. The zero-order valence-electron chi connectivity index (χ0n) is 10.8. The zero-order chi connectivity index (χ0) is 14.6. The fourth-order valence-electron chi connectivity index (χ4n) is 1.67. The summed E-state index contributed by atoms with van der Waals surface area (Å²) in [5.41, 5.74) is 0.954. The summed E-state index contributed by atoms with van der Waals surface area (Å²) in [5, 5.41) is 2.97. The highest BCUT2D eigenvalue weighted by Gasteiger charge is 2.20. The minimum absolute atomic E-state index is 0.0161. The molecule has 5 nitrogen and oxygen atoms in total. The van der Waals surface area contributed by atoms with Crippen LogP contribution in [0.2, 0.25) is 0 Å². The van der Waals surface area contributed by atoms with Gasteiger partial charge in [-0.2, -0.15) is 8.42 Å². The highest BCUT2D eigenvalue weighted by atomic mass is 79.9. The molecule has 1 aromatic carbocycles. The Kier molecular flexibility index (Phi) is 4.61. The maximum absolute atomic E-state index is 12.4. The van der Waals surface area contributed by atoms with Gasteiger partial charge in [0.05, 0.1) is 11.4 Å². The van der Waals surface area contributed by atoms with Gasteiger partial charge in [-0.25, -0.2) is 4.98 Å². The second kappa shape index (κ2) is 6.23. The summed E-state index contributed by atoms with van der Waals surface area (Å²) in [5.74, 6) is 0. The second-order valence-electron chi connectivity index (χ2n) is 3.97. The van der Waals surface area contributed by atoms with Crippen LogP contribution < -0.4 is 10.0 Å². The molecule has 0 unspecified atom stereocenters. The van der Waals surface area contributed by atoms with Gasteiger partial charge in [0.15, 0.2) is 5.03 Å². The summed E-state index contributed by atoms with van der Waals surface area (Å²) in [6.45, 7) is 2.51. The van der Waals surface area contributed by atoms with Crippen molar-refractivity contribution in [1.82, 2.24) is 4.98 Å². The van der Waals surface area contributed by atoms with E-state index >= 15 is 0 Å². The number of hydrogen-bond donors (Lipinski definition) is 2. The summed E-state index contributed by atoms with van der Waals surface area (Å²) in [4.78, 5) is 3.97. The van der Waals surface area contributed by atoms with Crippen molar-refractivity contribution in [3.63, 3.8) is 0 Å². The van der Waals surface area contributed by atoms with E-state index in [4.69, 9.17) is 0 Å². The minimum Gasteiger partial charge on any atom is -0.383 e. The third-order valence-corrected chi connectivity index (χ3v) is 4.53. The topological polar surface area (TPSA) is 71.1 Å². The van der Waals surface area contributed by atoms with Crippen molar-refractivity contribution in [2.75, 3.05) is 16.6 Å². The Hall–Kier alpha value is -1.60. The number of halogens is 1. The first-order valence-corrected chi connectivity index (χ1v) is 8.28. The van der Waals surface area contributed by atoms with Crippen LogP contribution in [0.3, 0.4) is 0 Å². The normalized spacial score (nSPS) is 11.1. The van der Waals surface area contributed by atoms with Crippen LogP contribution in [0.25, 0.3) is 0 Å². The molecule has 1 aromatic heterocycles. The number of anilines is 2. The molecule has 2 rings (SSSR count). The Morgan fingerprint density at radius 3 is 2.55 bits per heavy atom. The number of para-hydroxylation sites is 1. The molecule has 0 aliphatic carbocycles. The maximum atomic E-state index is 12.4. The van der Waals surface area contributed by atoms with Crippen molar-refractivity contribution < 1.29 is 8.42 Å². The Balaban J connectivity index is 2.39. The largest absolute Gasteiger partial charge is 0.383 e. The number of hydrogen-bond acceptors (Lipinski definition) is 4. The van der Waals surface area contributed by atoms with Crippen LogP contribution >= 0.6 is 15.9 Å². The van der Waals surface area contributed by atoms with Gasteiger partial charge in [-0.15, -0.1) is 0 Å². The van der Waals surface area contributed by atoms with E-state index in [0.717, 1.165) is 0 Å². The van der Waals surface area contributed by atoms with Crippen LogP contribution in [0.1, 0.15) is 6.92 Å². The van der Waals surface area contributed by atoms with Crippen molar-refractivity contribution in [2.45, 2.75) is 11.9 Å². The van der Waals surface area contributed by atoms with Crippen LogP contribution in [0, 0.1) is 0 Å². The first-order chi connectivity index (χ1) is 9.54. The van der Waals surface area contributed by atoms with E-state index in [2.05, 4.69) is 31.0 Å². The number of aromatic nitrogens is 1. The number of rotatable bonds is 5.